The molecule has 4 aromatic rings. The lowest BCUT2D eigenvalue weighted by atomic mass is 9.97. The lowest BCUT2D eigenvalue weighted by Gasteiger charge is -2.26. The van der Waals surface area contributed by atoms with Crippen LogP contribution in [-0.2, 0) is 9.59 Å². The number of carbonyl (C=O) groups excluding carboxylic acids is 2. The van der Waals surface area contributed by atoms with E-state index in [-0.39, 0.29) is 24.2 Å². The third-order valence-corrected chi connectivity index (χ3v) is 7.86. The molecule has 6 rings (SSSR count). The molecule has 1 fully saturated rings. The molecule has 1 unspecified atom stereocenters. The molecule has 2 amide bonds. The van der Waals surface area contributed by atoms with E-state index >= 15 is 0 Å². The van der Waals surface area contributed by atoms with Crippen molar-refractivity contribution in [3.8, 4) is 0 Å². The zero-order valence-corrected chi connectivity index (χ0v) is 20.9. The van der Waals surface area contributed by atoms with Gasteiger partial charge in [-0.1, -0.05) is 35.9 Å². The van der Waals surface area contributed by atoms with Gasteiger partial charge in [0.05, 0.1) is 5.92 Å². The number of hydrogen-bond acceptors (Lipinski definition) is 3. The van der Waals surface area contributed by atoms with E-state index in [0.29, 0.717) is 6.54 Å². The van der Waals surface area contributed by atoms with Gasteiger partial charge in [-0.2, -0.15) is 0 Å². The van der Waals surface area contributed by atoms with Gasteiger partial charge in [-0.05, 0) is 61.2 Å². The van der Waals surface area contributed by atoms with Gasteiger partial charge >= 0.3 is 0 Å². The number of rotatable bonds is 7. The Morgan fingerprint density at radius 1 is 0.944 bits per heavy atom. The number of fused-ring (bicyclic) bond motifs is 2. The Hall–Kier alpha value is -3.35. The molecule has 2 aliphatic rings. The molecular weight excluding hydrogens is 472 g/mol. The highest BCUT2D eigenvalue weighted by Gasteiger charge is 2.40. The molecule has 2 aromatic carbocycles. The number of nitrogens with zero attached hydrogens (tertiary/aromatic N) is 2. The second-order valence-electron chi connectivity index (χ2n) is 9.81. The summed E-state index contributed by atoms with van der Waals surface area (Å²) in [6.45, 7) is 3.38. The molecule has 0 aliphatic carbocycles. The smallest absolute Gasteiger partial charge is 0.237 e. The molecule has 0 radical (unpaired) electrons. The summed E-state index contributed by atoms with van der Waals surface area (Å²) in [5.41, 5.74) is 5.63. The van der Waals surface area contributed by atoms with Crippen LogP contribution in [-0.4, -0.2) is 57.8 Å². The van der Waals surface area contributed by atoms with E-state index in [9.17, 15) is 9.59 Å². The minimum Gasteiger partial charge on any atom is -0.361 e. The van der Waals surface area contributed by atoms with Crippen LogP contribution in [0, 0.1) is 0 Å². The van der Waals surface area contributed by atoms with Gasteiger partial charge in [-0.25, -0.2) is 0 Å². The average Bonchev–Trinajstić information content (AvgIpc) is 3.58. The Morgan fingerprint density at radius 3 is 2.61 bits per heavy atom. The minimum atomic E-state index is -0.376. The van der Waals surface area contributed by atoms with Gasteiger partial charge in [-0.15, -0.1) is 0 Å². The Balaban J connectivity index is 1.01. The maximum absolute atomic E-state index is 13.1. The van der Waals surface area contributed by atoms with E-state index in [1.54, 1.807) is 0 Å². The molecule has 7 heteroatoms. The summed E-state index contributed by atoms with van der Waals surface area (Å²) in [4.78, 5) is 36.2. The molecule has 36 heavy (non-hydrogen) atoms. The summed E-state index contributed by atoms with van der Waals surface area (Å²) in [6, 6.07) is 13.9. The van der Waals surface area contributed by atoms with Crippen LogP contribution < -0.4 is 0 Å². The molecule has 2 aromatic heterocycles. The second-order valence-corrected chi connectivity index (χ2v) is 10.2. The fourth-order valence-corrected chi connectivity index (χ4v) is 5.84. The molecule has 2 N–H and O–H groups in total. The number of aromatic nitrogens is 2. The molecule has 2 aliphatic heterocycles. The topological polar surface area (TPSA) is 72.2 Å². The van der Waals surface area contributed by atoms with Crippen LogP contribution in [0.15, 0.2) is 60.9 Å². The molecule has 0 bridgehead atoms. The number of para-hydroxylation sites is 1. The van der Waals surface area contributed by atoms with Gasteiger partial charge in [0, 0.05) is 70.8 Å². The average molecular weight is 501 g/mol. The van der Waals surface area contributed by atoms with Crippen molar-refractivity contribution in [2.45, 2.75) is 31.6 Å². The summed E-state index contributed by atoms with van der Waals surface area (Å²) >= 11 is 6.21. The van der Waals surface area contributed by atoms with Gasteiger partial charge in [0.25, 0.3) is 0 Å². The van der Waals surface area contributed by atoms with E-state index in [1.807, 2.05) is 48.7 Å². The van der Waals surface area contributed by atoms with E-state index < -0.39 is 0 Å². The van der Waals surface area contributed by atoms with E-state index in [0.717, 1.165) is 65.9 Å². The fourth-order valence-electron chi connectivity index (χ4n) is 5.67. The Kier molecular flexibility index (Phi) is 6.15. The molecular formula is C29H29ClN4O2. The van der Waals surface area contributed by atoms with Gasteiger partial charge in [0.1, 0.15) is 0 Å². The molecule has 4 heterocycles. The predicted octanol–water partition coefficient (Wildman–Crippen LogP) is 5.71. The van der Waals surface area contributed by atoms with Crippen LogP contribution in [0.4, 0.5) is 0 Å². The van der Waals surface area contributed by atoms with Crippen LogP contribution in [0.2, 0.25) is 5.02 Å². The van der Waals surface area contributed by atoms with Crippen LogP contribution in [0.1, 0.15) is 42.7 Å². The highest BCUT2D eigenvalue weighted by atomic mass is 35.5. The van der Waals surface area contributed by atoms with Gasteiger partial charge in [-0.3, -0.25) is 19.4 Å². The highest BCUT2D eigenvalue weighted by Crippen LogP contribution is 2.34. The number of unbranched alkanes of at least 4 members (excludes halogenated alkanes) is 1. The van der Waals surface area contributed by atoms with Crippen molar-refractivity contribution in [3.63, 3.8) is 0 Å². The third-order valence-electron chi connectivity index (χ3n) is 7.63. The summed E-state index contributed by atoms with van der Waals surface area (Å²) < 4.78 is 0. The SMILES string of the molecule is O=C1CC(c2c[nH]c3ccccc23)C(=O)N1CCCCN1CC=C(c2c[nH]c3ccc(Cl)cc23)CC1. The molecule has 1 saturated heterocycles. The highest BCUT2D eigenvalue weighted by molar-refractivity contribution is 6.31. The molecule has 0 spiro atoms. The van der Waals surface area contributed by atoms with E-state index in [4.69, 9.17) is 11.6 Å². The van der Waals surface area contributed by atoms with Gasteiger partial charge in [0.2, 0.25) is 11.8 Å². The van der Waals surface area contributed by atoms with Crippen LogP contribution in [0.5, 0.6) is 0 Å². The predicted molar refractivity (Wildman–Crippen MR) is 144 cm³/mol. The van der Waals surface area contributed by atoms with Crippen molar-refractivity contribution in [1.29, 1.82) is 0 Å². The summed E-state index contributed by atoms with van der Waals surface area (Å²) in [7, 11) is 0. The molecule has 184 valence electrons. The Morgan fingerprint density at radius 2 is 1.75 bits per heavy atom. The quantitative estimate of drug-likeness (QED) is 0.252. The van der Waals surface area contributed by atoms with Crippen molar-refractivity contribution < 1.29 is 9.59 Å². The number of amides is 2. The summed E-state index contributed by atoms with van der Waals surface area (Å²) in [5.74, 6) is -0.493. The molecule has 1 atom stereocenters. The summed E-state index contributed by atoms with van der Waals surface area (Å²) in [5, 5.41) is 2.95. The lowest BCUT2D eigenvalue weighted by Crippen LogP contribution is -2.33. The number of aromatic amines is 2. The third kappa shape index (κ3) is 4.25. The fraction of sp³-hybridized carbons (Fsp3) is 0.310. The molecule has 0 saturated carbocycles. The van der Waals surface area contributed by atoms with Crippen molar-refractivity contribution in [2.75, 3.05) is 26.2 Å². The first-order chi connectivity index (χ1) is 17.6. The van der Waals surface area contributed by atoms with Gasteiger partial charge in [0.15, 0.2) is 0 Å². The zero-order valence-electron chi connectivity index (χ0n) is 20.1. The normalized spacial score (nSPS) is 19.1. The number of benzene rings is 2. The maximum atomic E-state index is 13.1. The number of carbonyl (C=O) groups is 2. The standard InChI is InChI=1S/C29H29ClN4O2/c30-20-7-8-27-22(15-20)24(17-31-27)19-9-13-33(14-10-19)11-3-4-12-34-28(35)16-23(29(34)36)25-18-32-26-6-2-1-5-21(25)26/h1-2,5-9,15,17-18,23,31-32H,3-4,10-14,16H2. The Bertz CT molecular complexity index is 1480. The van der Waals surface area contributed by atoms with E-state index in [1.165, 1.54) is 21.4 Å². The maximum Gasteiger partial charge on any atom is 0.237 e. The van der Waals surface area contributed by atoms with Crippen LogP contribution >= 0.6 is 11.6 Å². The number of imide groups is 1. The largest absolute Gasteiger partial charge is 0.361 e. The van der Waals surface area contributed by atoms with Crippen molar-refractivity contribution in [2.24, 2.45) is 0 Å². The number of nitrogens with one attached hydrogen (secondary N) is 2. The number of halogens is 1. The van der Waals surface area contributed by atoms with E-state index in [2.05, 4.69) is 27.1 Å². The first-order valence-electron chi connectivity index (χ1n) is 12.7. The first kappa shape index (κ1) is 23.1. The van der Waals surface area contributed by atoms with Crippen LogP contribution in [0.3, 0.4) is 0 Å². The molecule has 6 nitrogen and oxygen atoms in total. The number of hydrogen-bond donors (Lipinski definition) is 2. The minimum absolute atomic E-state index is 0.0559. The van der Waals surface area contributed by atoms with Crippen molar-refractivity contribution >= 4 is 50.8 Å². The van der Waals surface area contributed by atoms with Crippen molar-refractivity contribution in [3.05, 3.63) is 77.1 Å². The Labute approximate surface area is 214 Å². The lowest BCUT2D eigenvalue weighted by molar-refractivity contribution is -0.138. The van der Waals surface area contributed by atoms with Gasteiger partial charge < -0.3 is 9.97 Å². The van der Waals surface area contributed by atoms with Crippen LogP contribution in [0.25, 0.3) is 27.4 Å². The second kappa shape index (κ2) is 9.60. The number of H-pyrrole nitrogens is 2. The monoisotopic (exact) mass is 500 g/mol. The van der Waals surface area contributed by atoms with Crippen molar-refractivity contribution in [1.82, 2.24) is 19.8 Å². The zero-order chi connectivity index (χ0) is 24.6. The first-order valence-corrected chi connectivity index (χ1v) is 13.0. The number of likely N-dealkylation sites (tertiary alicyclic amines) is 1. The summed E-state index contributed by atoms with van der Waals surface area (Å²) in [6.07, 6.45) is 9.32.